The Kier molecular flexibility index (Phi) is 3.61. The summed E-state index contributed by atoms with van der Waals surface area (Å²) in [5.41, 5.74) is 1.93. The molecule has 0 radical (unpaired) electrons. The van der Waals surface area contributed by atoms with E-state index >= 15 is 0 Å². The molecule has 0 unspecified atom stereocenters. The highest BCUT2D eigenvalue weighted by Crippen LogP contribution is 2.33. The van der Waals surface area contributed by atoms with E-state index in [1.54, 1.807) is 23.3 Å². The number of nitrogens with zero attached hydrogens (tertiary/aromatic N) is 5. The summed E-state index contributed by atoms with van der Waals surface area (Å²) in [5, 5.41) is 4.12. The number of fused-ring (bicyclic) bond motifs is 1. The lowest BCUT2D eigenvalue weighted by molar-refractivity contribution is 0.0732. The first-order valence-electron chi connectivity index (χ1n) is 8.15. The molecule has 4 rings (SSSR count). The Bertz CT molecular complexity index is 698. The predicted octanol–water partition coefficient (Wildman–Crippen LogP) is 1.30. The molecule has 4 heterocycles. The van der Waals surface area contributed by atoms with E-state index in [9.17, 15) is 4.79 Å². The summed E-state index contributed by atoms with van der Waals surface area (Å²) in [6.07, 6.45) is 9.31. The summed E-state index contributed by atoms with van der Waals surface area (Å²) in [4.78, 5) is 21.5. The van der Waals surface area contributed by atoms with Gasteiger partial charge in [-0.1, -0.05) is 6.07 Å². The third-order valence-corrected chi connectivity index (χ3v) is 5.01. The van der Waals surface area contributed by atoms with Crippen LogP contribution in [0.1, 0.15) is 28.8 Å². The maximum absolute atomic E-state index is 12.7. The Morgan fingerprint density at radius 1 is 1.26 bits per heavy atom. The number of aromatic nitrogens is 3. The van der Waals surface area contributed by atoms with E-state index in [1.165, 1.54) is 5.56 Å². The van der Waals surface area contributed by atoms with Crippen molar-refractivity contribution in [3.05, 3.63) is 48.0 Å². The van der Waals surface area contributed by atoms with Gasteiger partial charge in [-0.05, 0) is 24.5 Å². The van der Waals surface area contributed by atoms with Crippen LogP contribution in [0.5, 0.6) is 0 Å². The van der Waals surface area contributed by atoms with Crippen LogP contribution in [-0.2, 0) is 13.6 Å². The molecule has 23 heavy (non-hydrogen) atoms. The Morgan fingerprint density at radius 3 is 2.87 bits per heavy atom. The minimum atomic E-state index is 0.119. The normalized spacial score (nSPS) is 24.1. The van der Waals surface area contributed by atoms with Crippen LogP contribution in [0.4, 0.5) is 0 Å². The molecule has 6 nitrogen and oxygen atoms in total. The molecule has 2 saturated heterocycles. The molecule has 2 aliphatic rings. The largest absolute Gasteiger partial charge is 0.334 e. The topological polar surface area (TPSA) is 54.3 Å². The third kappa shape index (κ3) is 2.63. The fourth-order valence-electron chi connectivity index (χ4n) is 3.95. The van der Waals surface area contributed by atoms with Crippen molar-refractivity contribution in [2.24, 2.45) is 7.05 Å². The summed E-state index contributed by atoms with van der Waals surface area (Å²) in [6.45, 7) is 2.80. The third-order valence-electron chi connectivity index (χ3n) is 5.01. The molecular formula is C17H21N5O. The second kappa shape index (κ2) is 5.77. The minimum Gasteiger partial charge on any atom is -0.334 e. The molecule has 0 saturated carbocycles. The van der Waals surface area contributed by atoms with Crippen LogP contribution in [0.2, 0.25) is 0 Å². The fourth-order valence-corrected chi connectivity index (χ4v) is 3.95. The number of rotatable bonds is 3. The Labute approximate surface area is 135 Å². The van der Waals surface area contributed by atoms with Crippen LogP contribution < -0.4 is 0 Å². The van der Waals surface area contributed by atoms with E-state index in [2.05, 4.69) is 21.0 Å². The fraction of sp³-hybridized carbons (Fsp3) is 0.471. The molecule has 2 fully saturated rings. The highest BCUT2D eigenvalue weighted by atomic mass is 16.2. The van der Waals surface area contributed by atoms with Gasteiger partial charge >= 0.3 is 0 Å². The summed E-state index contributed by atoms with van der Waals surface area (Å²) in [6, 6.07) is 4.90. The quantitative estimate of drug-likeness (QED) is 0.857. The van der Waals surface area contributed by atoms with E-state index < -0.39 is 0 Å². The molecule has 120 valence electrons. The van der Waals surface area contributed by atoms with Gasteiger partial charge in [0.15, 0.2) is 0 Å². The molecule has 0 spiro atoms. The smallest absolute Gasteiger partial charge is 0.257 e. The van der Waals surface area contributed by atoms with Crippen molar-refractivity contribution >= 4 is 5.91 Å². The highest BCUT2D eigenvalue weighted by Gasteiger charge is 2.44. The number of amides is 1. The Hall–Kier alpha value is -2.21. The van der Waals surface area contributed by atoms with E-state index in [0.29, 0.717) is 17.6 Å². The lowest BCUT2D eigenvalue weighted by atomic mass is 10.1. The van der Waals surface area contributed by atoms with Gasteiger partial charge < -0.3 is 4.90 Å². The maximum atomic E-state index is 12.7. The van der Waals surface area contributed by atoms with Gasteiger partial charge in [-0.25, -0.2) is 0 Å². The van der Waals surface area contributed by atoms with Crippen molar-refractivity contribution in [1.82, 2.24) is 24.6 Å². The molecule has 2 aliphatic heterocycles. The van der Waals surface area contributed by atoms with Crippen molar-refractivity contribution in [3.8, 4) is 0 Å². The lowest BCUT2D eigenvalue weighted by Crippen LogP contribution is -2.39. The SMILES string of the molecule is Cn1cc(C(=O)N2CC[C@@H]3[C@@H]2CCN3Cc2cccnc2)cn1. The summed E-state index contributed by atoms with van der Waals surface area (Å²) < 4.78 is 1.68. The molecule has 2 atom stereocenters. The van der Waals surface area contributed by atoms with E-state index in [-0.39, 0.29) is 5.91 Å². The number of carbonyl (C=O) groups is 1. The van der Waals surface area contributed by atoms with Crippen LogP contribution in [0.25, 0.3) is 0 Å². The lowest BCUT2D eigenvalue weighted by Gasteiger charge is -2.25. The average molecular weight is 311 g/mol. The van der Waals surface area contributed by atoms with Crippen LogP contribution in [0.3, 0.4) is 0 Å². The zero-order valence-electron chi connectivity index (χ0n) is 13.3. The van der Waals surface area contributed by atoms with Crippen LogP contribution in [0.15, 0.2) is 36.9 Å². The van der Waals surface area contributed by atoms with Gasteiger partial charge in [-0.3, -0.25) is 19.4 Å². The van der Waals surface area contributed by atoms with Gasteiger partial charge in [0, 0.05) is 57.4 Å². The average Bonchev–Trinajstić information content (AvgIpc) is 3.25. The monoisotopic (exact) mass is 311 g/mol. The first-order chi connectivity index (χ1) is 11.2. The van der Waals surface area contributed by atoms with Gasteiger partial charge in [0.2, 0.25) is 0 Å². The van der Waals surface area contributed by atoms with Gasteiger partial charge in [0.1, 0.15) is 0 Å². The van der Waals surface area contributed by atoms with Crippen molar-refractivity contribution in [2.45, 2.75) is 31.5 Å². The number of hydrogen-bond acceptors (Lipinski definition) is 4. The molecule has 2 aromatic heterocycles. The maximum Gasteiger partial charge on any atom is 0.257 e. The molecule has 0 aliphatic carbocycles. The second-order valence-electron chi connectivity index (χ2n) is 6.45. The predicted molar refractivity (Wildman–Crippen MR) is 85.7 cm³/mol. The molecule has 1 amide bonds. The van der Waals surface area contributed by atoms with Crippen molar-refractivity contribution in [1.29, 1.82) is 0 Å². The van der Waals surface area contributed by atoms with Crippen molar-refractivity contribution in [2.75, 3.05) is 13.1 Å². The van der Waals surface area contributed by atoms with Crippen molar-refractivity contribution in [3.63, 3.8) is 0 Å². The number of likely N-dealkylation sites (tertiary alicyclic amines) is 2. The van der Waals surface area contributed by atoms with E-state index in [0.717, 1.165) is 32.5 Å². The second-order valence-corrected chi connectivity index (χ2v) is 6.45. The van der Waals surface area contributed by atoms with Crippen LogP contribution in [-0.4, -0.2) is 55.6 Å². The van der Waals surface area contributed by atoms with Gasteiger partial charge in [-0.2, -0.15) is 5.10 Å². The summed E-state index contributed by atoms with van der Waals surface area (Å²) in [5.74, 6) is 0.119. The molecule has 0 aromatic carbocycles. The number of aryl methyl sites for hydroxylation is 1. The Morgan fingerprint density at radius 2 is 2.13 bits per heavy atom. The molecular weight excluding hydrogens is 290 g/mol. The van der Waals surface area contributed by atoms with Gasteiger partial charge in [-0.15, -0.1) is 0 Å². The molecule has 6 heteroatoms. The van der Waals surface area contributed by atoms with E-state index in [1.807, 2.05) is 24.2 Å². The van der Waals surface area contributed by atoms with Crippen LogP contribution in [0, 0.1) is 0 Å². The molecule has 2 aromatic rings. The first kappa shape index (κ1) is 14.4. The van der Waals surface area contributed by atoms with E-state index in [4.69, 9.17) is 0 Å². The minimum absolute atomic E-state index is 0.119. The van der Waals surface area contributed by atoms with Crippen molar-refractivity contribution < 1.29 is 4.79 Å². The standard InChI is InChI=1S/C17H21N5O/c1-20-12-14(10-19-20)17(23)22-8-5-15-16(22)4-7-21(15)11-13-3-2-6-18-9-13/h2-3,6,9-10,12,15-16H,4-5,7-8,11H2,1H3/t15-,16+/m1/s1. The molecule has 0 bridgehead atoms. The molecule has 0 N–H and O–H groups in total. The zero-order valence-corrected chi connectivity index (χ0v) is 13.3. The summed E-state index contributed by atoms with van der Waals surface area (Å²) >= 11 is 0. The van der Waals surface area contributed by atoms with Gasteiger partial charge in [0.25, 0.3) is 5.91 Å². The highest BCUT2D eigenvalue weighted by molar-refractivity contribution is 5.94. The zero-order chi connectivity index (χ0) is 15.8. The number of hydrogen-bond donors (Lipinski definition) is 0. The number of pyridine rings is 1. The summed E-state index contributed by atoms with van der Waals surface area (Å²) in [7, 11) is 1.84. The number of carbonyl (C=O) groups excluding carboxylic acids is 1. The first-order valence-corrected chi connectivity index (χ1v) is 8.15. The van der Waals surface area contributed by atoms with Crippen LogP contribution >= 0.6 is 0 Å². The van der Waals surface area contributed by atoms with Gasteiger partial charge in [0.05, 0.1) is 11.8 Å². The Balaban J connectivity index is 1.46.